The van der Waals surface area contributed by atoms with Crippen LogP contribution in [0.1, 0.15) is 0 Å². The molecule has 0 bridgehead atoms. The maximum Gasteiger partial charge on any atom is 0.484 e. The van der Waals surface area contributed by atoms with Crippen molar-refractivity contribution >= 4 is 5.69 Å². The van der Waals surface area contributed by atoms with Gasteiger partial charge in [0.1, 0.15) is 5.75 Å². The van der Waals surface area contributed by atoms with Crippen molar-refractivity contribution in [1.82, 2.24) is 0 Å². The van der Waals surface area contributed by atoms with Crippen molar-refractivity contribution in [3.8, 4) is 5.75 Å². The largest absolute Gasteiger partial charge is 0.497 e. The Labute approximate surface area is 79.9 Å². The lowest BCUT2D eigenvalue weighted by atomic mass is 10.3. The van der Waals surface area contributed by atoms with Crippen LogP contribution in [0.5, 0.6) is 5.75 Å². The molecule has 78 valence electrons. The van der Waals surface area contributed by atoms with Crippen LogP contribution in [0.2, 0.25) is 0 Å². The second-order valence-corrected chi connectivity index (χ2v) is 2.72. The lowest BCUT2D eigenvalue weighted by molar-refractivity contribution is -0.125. The topological polar surface area (TPSA) is 12.5 Å². The predicted molar refractivity (Wildman–Crippen MR) is 47.5 cm³/mol. The Morgan fingerprint density at radius 1 is 1.14 bits per heavy atom. The normalized spacial score (nSPS) is 11.2. The summed E-state index contributed by atoms with van der Waals surface area (Å²) in [7, 11) is 2.43. The zero-order valence-electron chi connectivity index (χ0n) is 7.80. The summed E-state index contributed by atoms with van der Waals surface area (Å²) in [4.78, 5) is 0.243. The molecule has 0 amide bonds. The number of nitrogens with zero attached hydrogens (tertiary/aromatic N) is 1. The molecule has 0 aliphatic rings. The Bertz CT molecular complexity index is 294. The number of methoxy groups -OCH3 is 1. The van der Waals surface area contributed by atoms with E-state index in [1.807, 2.05) is 0 Å². The first-order chi connectivity index (χ1) is 6.45. The van der Waals surface area contributed by atoms with E-state index in [9.17, 15) is 13.2 Å². The van der Waals surface area contributed by atoms with Crippen LogP contribution in [0, 0.1) is 0 Å². The Morgan fingerprint density at radius 2 is 1.64 bits per heavy atom. The van der Waals surface area contributed by atoms with E-state index in [0.717, 1.165) is 7.05 Å². The SMILES string of the molecule is COc1ccc(N(C)C(F)(F)F)cc1. The predicted octanol–water partition coefficient (Wildman–Crippen LogP) is 2.65. The van der Waals surface area contributed by atoms with Crippen molar-refractivity contribution in [3.63, 3.8) is 0 Å². The Morgan fingerprint density at radius 3 is 2.00 bits per heavy atom. The summed E-state index contributed by atoms with van der Waals surface area (Å²) >= 11 is 0. The molecule has 0 aliphatic heterocycles. The molecule has 0 fully saturated rings. The molecule has 0 aromatic heterocycles. The molecular weight excluding hydrogens is 195 g/mol. The van der Waals surface area contributed by atoms with Gasteiger partial charge < -0.3 is 4.74 Å². The monoisotopic (exact) mass is 205 g/mol. The first-order valence-electron chi connectivity index (χ1n) is 3.90. The molecule has 0 spiro atoms. The zero-order chi connectivity index (χ0) is 10.8. The van der Waals surface area contributed by atoms with Gasteiger partial charge in [-0.25, -0.2) is 0 Å². The average molecular weight is 205 g/mol. The van der Waals surface area contributed by atoms with Crippen LogP contribution in [0.3, 0.4) is 0 Å². The highest BCUT2D eigenvalue weighted by Gasteiger charge is 2.34. The van der Waals surface area contributed by atoms with Gasteiger partial charge in [0, 0.05) is 12.7 Å². The Hall–Kier alpha value is -1.39. The van der Waals surface area contributed by atoms with Crippen molar-refractivity contribution in [3.05, 3.63) is 24.3 Å². The standard InChI is InChI=1S/C9H10F3NO/c1-13(9(10,11)12)7-3-5-8(14-2)6-4-7/h3-6H,1-2H3. The maximum absolute atomic E-state index is 12.2. The second-order valence-electron chi connectivity index (χ2n) is 2.72. The van der Waals surface area contributed by atoms with Gasteiger partial charge in [-0.05, 0) is 24.3 Å². The average Bonchev–Trinajstić information content (AvgIpc) is 2.15. The lowest BCUT2D eigenvalue weighted by Gasteiger charge is -2.22. The number of rotatable bonds is 2. The Balaban J connectivity index is 2.87. The third kappa shape index (κ3) is 2.31. The number of hydrogen-bond donors (Lipinski definition) is 0. The summed E-state index contributed by atoms with van der Waals surface area (Å²) in [6.45, 7) is 0. The van der Waals surface area contributed by atoms with Crippen LogP contribution < -0.4 is 9.64 Å². The van der Waals surface area contributed by atoms with E-state index in [2.05, 4.69) is 0 Å². The maximum atomic E-state index is 12.2. The van der Waals surface area contributed by atoms with Crippen molar-refractivity contribution in [2.45, 2.75) is 6.30 Å². The van der Waals surface area contributed by atoms with Crippen molar-refractivity contribution in [2.24, 2.45) is 0 Å². The van der Waals surface area contributed by atoms with Crippen LogP contribution in [-0.2, 0) is 0 Å². The first kappa shape index (κ1) is 10.7. The van der Waals surface area contributed by atoms with Gasteiger partial charge in [-0.1, -0.05) is 0 Å². The van der Waals surface area contributed by atoms with Crippen molar-refractivity contribution < 1.29 is 17.9 Å². The molecule has 1 aromatic rings. The van der Waals surface area contributed by atoms with E-state index in [4.69, 9.17) is 4.74 Å². The number of hydrogen-bond acceptors (Lipinski definition) is 2. The number of halogens is 3. The molecular formula is C9H10F3NO. The molecule has 2 nitrogen and oxygen atoms in total. The summed E-state index contributed by atoms with van der Waals surface area (Å²) < 4.78 is 41.5. The molecule has 0 unspecified atom stereocenters. The quantitative estimate of drug-likeness (QED) is 0.688. The molecule has 0 saturated heterocycles. The fourth-order valence-electron chi connectivity index (χ4n) is 0.952. The lowest BCUT2D eigenvalue weighted by Crippen LogP contribution is -2.33. The summed E-state index contributed by atoms with van der Waals surface area (Å²) in [6.07, 6.45) is -4.35. The van der Waals surface area contributed by atoms with E-state index in [0.29, 0.717) is 5.75 Å². The van der Waals surface area contributed by atoms with E-state index < -0.39 is 6.30 Å². The molecule has 0 atom stereocenters. The minimum absolute atomic E-state index is 0.0818. The molecule has 0 saturated carbocycles. The number of ether oxygens (including phenoxy) is 1. The summed E-state index contributed by atoms with van der Waals surface area (Å²) in [5.41, 5.74) is 0.0818. The highest BCUT2D eigenvalue weighted by Crippen LogP contribution is 2.27. The third-order valence-electron chi connectivity index (χ3n) is 1.84. The molecule has 0 N–H and O–H groups in total. The zero-order valence-corrected chi connectivity index (χ0v) is 7.80. The van der Waals surface area contributed by atoms with Crippen LogP contribution in [0.15, 0.2) is 24.3 Å². The molecule has 0 radical (unpaired) electrons. The Kier molecular flexibility index (Phi) is 2.88. The van der Waals surface area contributed by atoms with Gasteiger partial charge in [0.15, 0.2) is 0 Å². The van der Waals surface area contributed by atoms with Gasteiger partial charge in [-0.2, -0.15) is 13.2 Å². The molecule has 0 heterocycles. The van der Waals surface area contributed by atoms with E-state index in [1.54, 1.807) is 0 Å². The van der Waals surface area contributed by atoms with Crippen LogP contribution in [-0.4, -0.2) is 20.5 Å². The fraction of sp³-hybridized carbons (Fsp3) is 0.333. The van der Waals surface area contributed by atoms with Gasteiger partial charge >= 0.3 is 6.30 Å². The highest BCUT2D eigenvalue weighted by molar-refractivity contribution is 5.48. The highest BCUT2D eigenvalue weighted by atomic mass is 19.4. The second kappa shape index (κ2) is 3.77. The van der Waals surface area contributed by atoms with Crippen molar-refractivity contribution in [2.75, 3.05) is 19.1 Å². The molecule has 5 heteroatoms. The van der Waals surface area contributed by atoms with Crippen LogP contribution in [0.4, 0.5) is 18.9 Å². The number of anilines is 1. The summed E-state index contributed by atoms with van der Waals surface area (Å²) in [5.74, 6) is 0.532. The van der Waals surface area contributed by atoms with Gasteiger partial charge in [-0.15, -0.1) is 0 Å². The summed E-state index contributed by atoms with van der Waals surface area (Å²) in [6, 6.07) is 5.67. The molecule has 0 aliphatic carbocycles. The van der Waals surface area contributed by atoms with Crippen LogP contribution >= 0.6 is 0 Å². The van der Waals surface area contributed by atoms with Crippen molar-refractivity contribution in [1.29, 1.82) is 0 Å². The summed E-state index contributed by atoms with van der Waals surface area (Å²) in [5, 5.41) is 0. The third-order valence-corrected chi connectivity index (χ3v) is 1.84. The van der Waals surface area contributed by atoms with E-state index in [1.165, 1.54) is 31.4 Å². The fourth-order valence-corrected chi connectivity index (χ4v) is 0.952. The number of alkyl halides is 3. The van der Waals surface area contributed by atoms with E-state index in [-0.39, 0.29) is 10.6 Å². The van der Waals surface area contributed by atoms with Gasteiger partial charge in [0.2, 0.25) is 0 Å². The number of benzene rings is 1. The van der Waals surface area contributed by atoms with Crippen LogP contribution in [0.25, 0.3) is 0 Å². The van der Waals surface area contributed by atoms with Gasteiger partial charge in [-0.3, -0.25) is 4.90 Å². The smallest absolute Gasteiger partial charge is 0.484 e. The molecule has 1 rings (SSSR count). The van der Waals surface area contributed by atoms with Gasteiger partial charge in [0.05, 0.1) is 7.11 Å². The molecule has 14 heavy (non-hydrogen) atoms. The minimum Gasteiger partial charge on any atom is -0.497 e. The molecule has 1 aromatic carbocycles. The first-order valence-corrected chi connectivity index (χ1v) is 3.90. The van der Waals surface area contributed by atoms with Gasteiger partial charge in [0.25, 0.3) is 0 Å². The minimum atomic E-state index is -4.35. The van der Waals surface area contributed by atoms with E-state index >= 15 is 0 Å².